The zero-order valence-corrected chi connectivity index (χ0v) is 27.0. The molecule has 1 heterocycles. The molecule has 0 fully saturated rings. The van der Waals surface area contributed by atoms with Crippen molar-refractivity contribution < 1.29 is 78.0 Å². The largest absolute Gasteiger partial charge is 2.00 e. The van der Waals surface area contributed by atoms with Crippen molar-refractivity contribution in [2.24, 2.45) is 0 Å². The summed E-state index contributed by atoms with van der Waals surface area (Å²) in [7, 11) is 0. The van der Waals surface area contributed by atoms with E-state index in [0.29, 0.717) is 0 Å². The second-order valence-corrected chi connectivity index (χ2v) is 13.6. The molecule has 0 aliphatic heterocycles. The molecule has 5 nitrogen and oxygen atoms in total. The third kappa shape index (κ3) is 27.4. The first-order valence-corrected chi connectivity index (χ1v) is 12.9. The first kappa shape index (κ1) is 33.6. The van der Waals surface area contributed by atoms with Crippen LogP contribution in [-0.2, 0) is 107 Å². The summed E-state index contributed by atoms with van der Waals surface area (Å²) in [5.74, 6) is 0. The molecular weight excluding hydrogens is 613 g/mol. The average molecular weight is 618 g/mol. The Labute approximate surface area is 202 Å². The zero-order valence-electron chi connectivity index (χ0n) is 11.4. The fourth-order valence-corrected chi connectivity index (χ4v) is 2.01. The smallest absolute Gasteiger partial charge is 0.850 e. The number of hydrogen-bond donors (Lipinski definition) is 1. The van der Waals surface area contributed by atoms with Gasteiger partial charge in [0.25, 0.3) is 0 Å². The summed E-state index contributed by atoms with van der Waals surface area (Å²) < 4.78 is 2.08. The number of thiazole rings is 1. The van der Waals surface area contributed by atoms with Gasteiger partial charge in [0.05, 0.1) is 10.2 Å². The number of hydrogen-bond acceptors (Lipinski definition) is 10. The van der Waals surface area contributed by atoms with Gasteiger partial charge in [0, 0.05) is 0 Å². The van der Waals surface area contributed by atoms with E-state index in [-0.39, 0.29) is 58.4 Å². The fourth-order valence-electron chi connectivity index (χ4n) is 0.894. The Bertz CT molecular complexity index is 628. The van der Waals surface area contributed by atoms with E-state index >= 15 is 0 Å². The van der Waals surface area contributed by atoms with Crippen LogP contribution in [0.1, 0.15) is 0 Å². The summed E-state index contributed by atoms with van der Waals surface area (Å²) in [5.41, 5.74) is -6.31. The van der Waals surface area contributed by atoms with Crippen molar-refractivity contribution in [3.05, 3.63) is 28.2 Å². The Kier molecular flexibility index (Phi) is 23.4. The third-order valence-electron chi connectivity index (χ3n) is 1.33. The number of para-hydroxylation sites is 1. The minimum Gasteiger partial charge on any atom is -0.850 e. The average Bonchev–Trinajstić information content (AvgIpc) is 2.51. The van der Waals surface area contributed by atoms with Crippen molar-refractivity contribution in [1.29, 1.82) is 0 Å². The maximum Gasteiger partial charge on any atom is 2.00 e. The van der Waals surface area contributed by atoms with E-state index in [2.05, 4.69) is 59.2 Å². The summed E-state index contributed by atoms with van der Waals surface area (Å²) in [6.45, 7) is 0. The van der Waals surface area contributed by atoms with Crippen LogP contribution in [-0.4, -0.2) is 4.98 Å². The third-order valence-corrected chi connectivity index (χ3v) is 2.54. The molecule has 0 amide bonds. The second-order valence-electron chi connectivity index (χ2n) is 2.91. The summed E-state index contributed by atoms with van der Waals surface area (Å²) in [6, 6.07) is 8.11. The molecule has 1 N–H and O–H groups in total. The molecule has 16 heteroatoms. The number of benzene rings is 1. The second kappa shape index (κ2) is 16.0. The molecule has 0 atom stereocenters. The fraction of sp³-hybridized carbons (Fsp3) is 0. The number of rotatable bonds is 0. The van der Waals surface area contributed by atoms with Crippen molar-refractivity contribution in [3.8, 4) is 0 Å². The normalized spacial score (nSPS) is 9.65. The molecular formula is C7H5NO4P2S6Zn3. The zero-order chi connectivity index (χ0) is 16.0. The van der Waals surface area contributed by atoms with E-state index in [1.54, 1.807) is 11.3 Å². The summed E-state index contributed by atoms with van der Waals surface area (Å²) in [5, 5.41) is 0. The quantitative estimate of drug-likeness (QED) is 0.188. The van der Waals surface area contributed by atoms with E-state index in [1.807, 2.05) is 18.2 Å². The van der Waals surface area contributed by atoms with Gasteiger partial charge < -0.3 is 60.4 Å². The van der Waals surface area contributed by atoms with E-state index < -0.39 is 11.4 Å². The van der Waals surface area contributed by atoms with Crippen LogP contribution < -0.4 is 19.6 Å². The molecule has 23 heavy (non-hydrogen) atoms. The van der Waals surface area contributed by atoms with Gasteiger partial charge in [-0.05, 0) is 24.4 Å². The first-order chi connectivity index (χ1) is 8.86. The Hall–Kier alpha value is 3.04. The first-order valence-electron chi connectivity index (χ1n) is 4.40. The molecule has 0 radical (unpaired) electrons. The number of aromatic nitrogens is 1. The van der Waals surface area contributed by atoms with Crippen molar-refractivity contribution in [1.82, 2.24) is 4.98 Å². The Morgan fingerprint density at radius 1 is 0.913 bits per heavy atom. The Morgan fingerprint density at radius 2 is 1.26 bits per heavy atom. The molecule has 0 saturated heterocycles. The summed E-state index contributed by atoms with van der Waals surface area (Å²) >= 11 is 21.2. The van der Waals surface area contributed by atoms with Crippen LogP contribution in [0.4, 0.5) is 0 Å². The number of nitrogens with one attached hydrogen (secondary N) is 1. The standard InChI is InChI=1S/C7H5NS2.2H3O2PS2.3Zn/c9-7-8-5-3-1-2-4-6(5)10-7;2*1-3(2,4)5;;;/h1-4H,(H,8,9);2*(H3,1,2,4,5);;;/q;;;3*+2/p-6. The van der Waals surface area contributed by atoms with Crippen molar-refractivity contribution in [2.45, 2.75) is 0 Å². The van der Waals surface area contributed by atoms with E-state index in [9.17, 15) is 19.6 Å². The van der Waals surface area contributed by atoms with Crippen LogP contribution in [0.15, 0.2) is 24.3 Å². The van der Waals surface area contributed by atoms with Crippen molar-refractivity contribution in [2.75, 3.05) is 0 Å². The number of fused-ring (bicyclic) bond motifs is 1. The number of H-pyrrole nitrogens is 1. The van der Waals surface area contributed by atoms with Crippen molar-refractivity contribution >= 4 is 93.3 Å². The molecule has 2 aromatic rings. The Morgan fingerprint density at radius 3 is 1.61 bits per heavy atom. The molecule has 0 aliphatic carbocycles. The van der Waals surface area contributed by atoms with Gasteiger partial charge in [-0.2, -0.15) is 23.6 Å². The van der Waals surface area contributed by atoms with Gasteiger partial charge in [-0.3, -0.25) is 0 Å². The van der Waals surface area contributed by atoms with E-state index in [4.69, 9.17) is 12.2 Å². The maximum atomic E-state index is 9.29. The molecule has 0 aliphatic rings. The van der Waals surface area contributed by atoms with Gasteiger partial charge in [0.15, 0.2) is 3.95 Å². The molecule has 1 aromatic heterocycles. The van der Waals surface area contributed by atoms with Gasteiger partial charge in [0.2, 0.25) is 0 Å². The predicted octanol–water partition coefficient (Wildman–Crippen LogP) is -0.0918. The van der Waals surface area contributed by atoms with Crippen LogP contribution in [0.5, 0.6) is 0 Å². The monoisotopic (exact) mass is 613 g/mol. The van der Waals surface area contributed by atoms with Gasteiger partial charge in [-0.15, -0.1) is 11.3 Å². The topological polar surface area (TPSA) is 108 Å². The minimum atomic E-state index is -3.72. The predicted molar refractivity (Wildman–Crippen MR) is 90.3 cm³/mol. The van der Waals surface area contributed by atoms with Crippen LogP contribution >= 0.6 is 34.9 Å². The van der Waals surface area contributed by atoms with Gasteiger partial charge >= 0.3 is 58.4 Å². The molecule has 114 valence electrons. The maximum absolute atomic E-state index is 9.29. The molecule has 0 saturated carbocycles. The van der Waals surface area contributed by atoms with Crippen LogP contribution in [0.3, 0.4) is 0 Å². The molecule has 1 aromatic carbocycles. The van der Waals surface area contributed by atoms with Gasteiger partial charge in [-0.1, -0.05) is 12.1 Å². The summed E-state index contributed by atoms with van der Waals surface area (Å²) in [4.78, 5) is 40.2. The van der Waals surface area contributed by atoms with Gasteiger partial charge in [-0.25, -0.2) is 0 Å². The minimum absolute atomic E-state index is 0. The Balaban J connectivity index is -0.000000123. The van der Waals surface area contributed by atoms with E-state index in [1.165, 1.54) is 4.70 Å². The van der Waals surface area contributed by atoms with Crippen molar-refractivity contribution in [3.63, 3.8) is 0 Å². The van der Waals surface area contributed by atoms with Crippen LogP contribution in [0.2, 0.25) is 0 Å². The molecule has 0 unspecified atom stereocenters. The van der Waals surface area contributed by atoms with Crippen LogP contribution in [0, 0.1) is 3.95 Å². The molecule has 0 bridgehead atoms. The summed E-state index contributed by atoms with van der Waals surface area (Å²) in [6.07, 6.45) is 0. The molecule has 0 spiro atoms. The SMILES string of the molecule is S=c1[nH]c2ccccc2s1.[O-]P([O-])(=S)[S-].[O-]P([O-])(=S)[S-].[Zn+2].[Zn+2].[Zn+2]. The molecule has 2 rings (SSSR count). The van der Waals surface area contributed by atoms with Crippen LogP contribution in [0.25, 0.3) is 10.2 Å². The number of aromatic amines is 1. The van der Waals surface area contributed by atoms with Gasteiger partial charge in [0.1, 0.15) is 0 Å². The van der Waals surface area contributed by atoms with E-state index in [0.717, 1.165) is 9.47 Å².